The average molecular weight is 273 g/mol. The first kappa shape index (κ1) is 16.3. The van der Waals surface area contributed by atoms with Crippen LogP contribution in [-0.4, -0.2) is 17.6 Å². The molecule has 1 aromatic rings. The van der Waals surface area contributed by atoms with Crippen LogP contribution in [0.3, 0.4) is 0 Å². The van der Waals surface area contributed by atoms with Crippen molar-refractivity contribution < 1.29 is 9.90 Å². The Morgan fingerprint density at radius 1 is 1.35 bits per heavy atom. The van der Waals surface area contributed by atoms with Crippen molar-refractivity contribution in [1.29, 1.82) is 0 Å². The topological polar surface area (TPSA) is 49.3 Å². The minimum absolute atomic E-state index is 0.00585. The summed E-state index contributed by atoms with van der Waals surface area (Å²) in [6.07, 6.45) is 1.30. The second kappa shape index (κ2) is 7.12. The van der Waals surface area contributed by atoms with E-state index in [2.05, 4.69) is 17.2 Å². The van der Waals surface area contributed by atoms with Crippen LogP contribution in [0.2, 0.25) is 0 Å². The van der Waals surface area contributed by atoms with Gasteiger partial charge in [-0.1, -0.05) is 39.5 Å². The fraction of sp³-hybridized carbons (Fsp3) is 0.471. The Balaban J connectivity index is 2.95. The lowest BCUT2D eigenvalue weighted by Crippen LogP contribution is -2.28. The van der Waals surface area contributed by atoms with Gasteiger partial charge in [0, 0.05) is 23.1 Å². The second-order valence-electron chi connectivity index (χ2n) is 5.70. The summed E-state index contributed by atoms with van der Waals surface area (Å²) < 4.78 is 0. The number of aliphatic hydroxyl groups excluding tert-OH is 1. The zero-order valence-electron chi connectivity index (χ0n) is 12.7. The summed E-state index contributed by atoms with van der Waals surface area (Å²) in [5.41, 5.74) is 2.41. The molecule has 2 N–H and O–H groups in total. The summed E-state index contributed by atoms with van der Waals surface area (Å²) in [4.78, 5) is 12.0. The number of hydrogen-bond acceptors (Lipinski definition) is 2. The van der Waals surface area contributed by atoms with Crippen LogP contribution >= 0.6 is 0 Å². The minimum atomic E-state index is -0.412. The van der Waals surface area contributed by atoms with Gasteiger partial charge in [0.05, 0.1) is 6.61 Å². The van der Waals surface area contributed by atoms with Crippen molar-refractivity contribution in [2.24, 2.45) is 5.41 Å². The molecule has 0 aliphatic heterocycles. The Morgan fingerprint density at radius 2 is 2.05 bits per heavy atom. The van der Waals surface area contributed by atoms with E-state index in [9.17, 15) is 4.79 Å². The zero-order valence-corrected chi connectivity index (χ0v) is 12.7. The standard InChI is InChI=1S/C17H23NO2/c1-5-14-12-13(8-6-7-11-19)9-10-15(14)18-16(20)17(2,3)4/h9-10,12,19H,5,7,11H2,1-4H3,(H,18,20). The number of rotatable bonds is 3. The number of hydrogen-bond donors (Lipinski definition) is 2. The molecule has 0 unspecified atom stereocenters. The molecular weight excluding hydrogens is 250 g/mol. The molecule has 1 amide bonds. The first-order valence-corrected chi connectivity index (χ1v) is 6.92. The quantitative estimate of drug-likeness (QED) is 0.832. The van der Waals surface area contributed by atoms with E-state index in [1.165, 1.54) is 0 Å². The maximum Gasteiger partial charge on any atom is 0.229 e. The minimum Gasteiger partial charge on any atom is -0.395 e. The van der Waals surface area contributed by atoms with Gasteiger partial charge in [-0.05, 0) is 30.2 Å². The number of anilines is 1. The Kier molecular flexibility index (Phi) is 5.79. The van der Waals surface area contributed by atoms with Gasteiger partial charge >= 0.3 is 0 Å². The molecule has 0 heterocycles. The van der Waals surface area contributed by atoms with E-state index in [1.54, 1.807) is 0 Å². The fourth-order valence-electron chi connectivity index (χ4n) is 1.62. The Labute approximate surface area is 121 Å². The van der Waals surface area contributed by atoms with Gasteiger partial charge in [0.1, 0.15) is 0 Å². The summed E-state index contributed by atoms with van der Waals surface area (Å²) in [6.45, 7) is 7.80. The van der Waals surface area contributed by atoms with Gasteiger partial charge < -0.3 is 10.4 Å². The van der Waals surface area contributed by atoms with Gasteiger partial charge in [-0.2, -0.15) is 0 Å². The smallest absolute Gasteiger partial charge is 0.229 e. The third kappa shape index (κ3) is 4.71. The number of amides is 1. The highest BCUT2D eigenvalue weighted by Gasteiger charge is 2.21. The van der Waals surface area contributed by atoms with E-state index in [0.29, 0.717) is 6.42 Å². The highest BCUT2D eigenvalue weighted by atomic mass is 16.2. The average Bonchev–Trinajstić information content (AvgIpc) is 2.39. The lowest BCUT2D eigenvalue weighted by atomic mass is 9.95. The van der Waals surface area contributed by atoms with Crippen LogP contribution in [0.4, 0.5) is 5.69 Å². The van der Waals surface area contributed by atoms with Crippen LogP contribution in [-0.2, 0) is 11.2 Å². The predicted molar refractivity (Wildman–Crippen MR) is 82.5 cm³/mol. The number of carbonyl (C=O) groups excluding carboxylic acids is 1. The third-order valence-corrected chi connectivity index (χ3v) is 2.89. The van der Waals surface area contributed by atoms with Gasteiger partial charge in [0.2, 0.25) is 5.91 Å². The van der Waals surface area contributed by atoms with Gasteiger partial charge in [0.25, 0.3) is 0 Å². The second-order valence-corrected chi connectivity index (χ2v) is 5.70. The molecule has 0 saturated heterocycles. The van der Waals surface area contributed by atoms with E-state index < -0.39 is 5.41 Å². The van der Waals surface area contributed by atoms with E-state index in [4.69, 9.17) is 5.11 Å². The van der Waals surface area contributed by atoms with E-state index in [0.717, 1.165) is 23.2 Å². The molecule has 3 heteroatoms. The molecule has 0 spiro atoms. The van der Waals surface area contributed by atoms with Crippen LogP contribution in [0, 0.1) is 17.3 Å². The van der Waals surface area contributed by atoms with Crippen molar-refractivity contribution in [2.75, 3.05) is 11.9 Å². The Bertz CT molecular complexity index is 530. The van der Waals surface area contributed by atoms with Crippen LogP contribution in [0.15, 0.2) is 18.2 Å². The summed E-state index contributed by atoms with van der Waals surface area (Å²) >= 11 is 0. The van der Waals surface area contributed by atoms with Gasteiger partial charge in [0.15, 0.2) is 0 Å². The van der Waals surface area contributed by atoms with Gasteiger partial charge in [-0.3, -0.25) is 4.79 Å². The normalized spacial score (nSPS) is 10.7. The molecule has 0 radical (unpaired) electrons. The summed E-state index contributed by atoms with van der Waals surface area (Å²) in [5.74, 6) is 5.91. The molecule has 108 valence electrons. The molecule has 1 aromatic carbocycles. The summed E-state index contributed by atoms with van der Waals surface area (Å²) in [5, 5.41) is 11.7. The summed E-state index contributed by atoms with van der Waals surface area (Å²) in [7, 11) is 0. The van der Waals surface area contributed by atoms with Crippen molar-refractivity contribution in [3.8, 4) is 11.8 Å². The molecule has 0 saturated carbocycles. The van der Waals surface area contributed by atoms with Crippen molar-refractivity contribution in [3.63, 3.8) is 0 Å². The zero-order chi connectivity index (χ0) is 15.2. The van der Waals surface area contributed by atoms with Crippen molar-refractivity contribution in [3.05, 3.63) is 29.3 Å². The Hall–Kier alpha value is -1.79. The van der Waals surface area contributed by atoms with Crippen LogP contribution < -0.4 is 5.32 Å². The van der Waals surface area contributed by atoms with Crippen LogP contribution in [0.1, 0.15) is 45.2 Å². The van der Waals surface area contributed by atoms with Crippen molar-refractivity contribution in [1.82, 2.24) is 0 Å². The molecule has 0 atom stereocenters. The predicted octanol–water partition coefficient (Wildman–Crippen LogP) is 2.97. The number of carbonyl (C=O) groups is 1. The van der Waals surface area contributed by atoms with Gasteiger partial charge in [-0.15, -0.1) is 0 Å². The third-order valence-electron chi connectivity index (χ3n) is 2.89. The molecule has 3 nitrogen and oxygen atoms in total. The summed E-state index contributed by atoms with van der Waals surface area (Å²) in [6, 6.07) is 5.77. The number of benzene rings is 1. The fourth-order valence-corrected chi connectivity index (χ4v) is 1.62. The molecule has 0 aliphatic rings. The van der Waals surface area contributed by atoms with Crippen molar-refractivity contribution >= 4 is 11.6 Å². The molecule has 0 bridgehead atoms. The highest BCUT2D eigenvalue weighted by molar-refractivity contribution is 5.95. The lowest BCUT2D eigenvalue weighted by Gasteiger charge is -2.19. The number of aliphatic hydroxyl groups is 1. The largest absolute Gasteiger partial charge is 0.395 e. The highest BCUT2D eigenvalue weighted by Crippen LogP contribution is 2.22. The SMILES string of the molecule is CCc1cc(C#CCCO)ccc1NC(=O)C(C)(C)C. The molecule has 20 heavy (non-hydrogen) atoms. The molecular formula is C17H23NO2. The first-order chi connectivity index (χ1) is 9.38. The maximum atomic E-state index is 12.0. The van der Waals surface area contributed by atoms with Gasteiger partial charge in [-0.25, -0.2) is 0 Å². The Morgan fingerprint density at radius 3 is 2.60 bits per heavy atom. The number of nitrogens with one attached hydrogen (secondary N) is 1. The molecule has 0 fully saturated rings. The monoisotopic (exact) mass is 273 g/mol. The molecule has 1 rings (SSSR count). The van der Waals surface area contributed by atoms with E-state index in [-0.39, 0.29) is 12.5 Å². The van der Waals surface area contributed by atoms with Crippen molar-refractivity contribution in [2.45, 2.75) is 40.5 Å². The molecule has 0 aromatic heterocycles. The van der Waals surface area contributed by atoms with E-state index >= 15 is 0 Å². The molecule has 0 aliphatic carbocycles. The number of aryl methyl sites for hydroxylation is 1. The first-order valence-electron chi connectivity index (χ1n) is 6.92. The maximum absolute atomic E-state index is 12.0. The van der Waals surface area contributed by atoms with Crippen LogP contribution in [0.25, 0.3) is 0 Å². The van der Waals surface area contributed by atoms with Crippen LogP contribution in [0.5, 0.6) is 0 Å². The van der Waals surface area contributed by atoms with E-state index in [1.807, 2.05) is 45.9 Å². The lowest BCUT2D eigenvalue weighted by molar-refractivity contribution is -0.123.